The van der Waals surface area contributed by atoms with Gasteiger partial charge in [0.2, 0.25) is 0 Å². The van der Waals surface area contributed by atoms with Gasteiger partial charge in [0.25, 0.3) is 0 Å². The quantitative estimate of drug-likeness (QED) is 0.657. The van der Waals surface area contributed by atoms with E-state index in [1.54, 1.807) is 6.07 Å². The first-order valence-electron chi connectivity index (χ1n) is 6.11. The minimum absolute atomic E-state index is 0.0396. The van der Waals surface area contributed by atoms with Crippen LogP contribution < -0.4 is 15.2 Å². The molecule has 0 fully saturated rings. The third-order valence-corrected chi connectivity index (χ3v) is 2.89. The molecule has 2 aromatic rings. The Hall–Kier alpha value is -2.63. The molecule has 2 rings (SSSR count). The Bertz CT molecular complexity index is 675. The van der Waals surface area contributed by atoms with E-state index < -0.39 is 11.6 Å². The molecule has 110 valence electrons. The zero-order valence-corrected chi connectivity index (χ0v) is 11.3. The third kappa shape index (κ3) is 3.28. The monoisotopic (exact) mass is 292 g/mol. The summed E-state index contributed by atoms with van der Waals surface area (Å²) in [6.45, 7) is -0.140. The Labute approximate surface area is 120 Å². The van der Waals surface area contributed by atoms with Gasteiger partial charge < -0.3 is 15.2 Å². The normalized spacial score (nSPS) is 10.2. The molecule has 0 aliphatic carbocycles. The fourth-order valence-corrected chi connectivity index (χ4v) is 1.77. The summed E-state index contributed by atoms with van der Waals surface area (Å²) in [7, 11) is 1.36. The number of hydrogen-bond donors (Lipinski definition) is 2. The molecule has 0 saturated carbocycles. The highest BCUT2D eigenvalue weighted by atomic mass is 19.1. The molecule has 0 unspecified atom stereocenters. The van der Waals surface area contributed by atoms with Crippen LogP contribution in [0.4, 0.5) is 8.78 Å². The molecule has 3 N–H and O–H groups in total. The molecule has 0 heterocycles. The molecule has 0 aliphatic rings. The number of ether oxygens (including phenoxy) is 2. The number of rotatable bonds is 5. The van der Waals surface area contributed by atoms with E-state index in [9.17, 15) is 8.78 Å². The minimum atomic E-state index is -0.661. The van der Waals surface area contributed by atoms with Gasteiger partial charge in [-0.3, -0.25) is 5.41 Å². The number of nitrogens with two attached hydrogens (primary N) is 1. The predicted octanol–water partition coefficient (Wildman–Crippen LogP) is 2.84. The third-order valence-electron chi connectivity index (χ3n) is 2.89. The molecule has 4 nitrogen and oxygen atoms in total. The first kappa shape index (κ1) is 14.8. The lowest BCUT2D eigenvalue weighted by molar-refractivity contribution is 0.281. The lowest BCUT2D eigenvalue weighted by atomic mass is 10.2. The first-order chi connectivity index (χ1) is 10.0. The average Bonchev–Trinajstić information content (AvgIpc) is 2.47. The lowest BCUT2D eigenvalue weighted by Crippen LogP contribution is -2.11. The van der Waals surface area contributed by atoms with Crippen molar-refractivity contribution in [3.8, 4) is 11.5 Å². The molecule has 0 spiro atoms. The molecule has 0 amide bonds. The van der Waals surface area contributed by atoms with E-state index in [1.165, 1.54) is 31.4 Å². The van der Waals surface area contributed by atoms with Crippen molar-refractivity contribution in [2.75, 3.05) is 7.11 Å². The molecule has 0 saturated heterocycles. The maximum absolute atomic E-state index is 13.9. The van der Waals surface area contributed by atoms with Gasteiger partial charge in [0, 0.05) is 11.1 Å². The molecule has 0 atom stereocenters. The van der Waals surface area contributed by atoms with Gasteiger partial charge in [0.1, 0.15) is 12.4 Å². The lowest BCUT2D eigenvalue weighted by Gasteiger charge is -2.10. The fourth-order valence-electron chi connectivity index (χ4n) is 1.77. The van der Waals surface area contributed by atoms with Crippen molar-refractivity contribution in [1.29, 1.82) is 5.41 Å². The van der Waals surface area contributed by atoms with E-state index in [-0.39, 0.29) is 35.1 Å². The van der Waals surface area contributed by atoms with Crippen LogP contribution in [0.2, 0.25) is 0 Å². The van der Waals surface area contributed by atoms with Crippen LogP contribution in [-0.4, -0.2) is 12.9 Å². The molecule has 21 heavy (non-hydrogen) atoms. The van der Waals surface area contributed by atoms with Crippen LogP contribution in [0.3, 0.4) is 0 Å². The van der Waals surface area contributed by atoms with E-state index >= 15 is 0 Å². The second-order valence-corrected chi connectivity index (χ2v) is 4.28. The Morgan fingerprint density at radius 2 is 1.95 bits per heavy atom. The molecule has 6 heteroatoms. The van der Waals surface area contributed by atoms with Gasteiger partial charge in [0.05, 0.1) is 7.11 Å². The molecular formula is C15H14F2N2O2. The molecule has 2 aromatic carbocycles. The highest BCUT2D eigenvalue weighted by molar-refractivity contribution is 5.95. The van der Waals surface area contributed by atoms with Crippen LogP contribution in [0.25, 0.3) is 0 Å². The largest absolute Gasteiger partial charge is 0.494 e. The number of nitrogen functional groups attached to an aromatic ring is 1. The Balaban J connectivity index is 2.15. The highest BCUT2D eigenvalue weighted by Crippen LogP contribution is 2.23. The van der Waals surface area contributed by atoms with E-state index in [0.29, 0.717) is 0 Å². The number of methoxy groups -OCH3 is 1. The highest BCUT2D eigenvalue weighted by Gasteiger charge is 2.11. The molecule has 0 bridgehead atoms. The van der Waals surface area contributed by atoms with E-state index in [0.717, 1.165) is 6.07 Å². The van der Waals surface area contributed by atoms with Gasteiger partial charge in [-0.1, -0.05) is 12.1 Å². The van der Waals surface area contributed by atoms with Crippen LogP contribution in [0, 0.1) is 17.0 Å². The summed E-state index contributed by atoms with van der Waals surface area (Å²) < 4.78 is 37.8. The van der Waals surface area contributed by atoms with E-state index in [1.807, 2.05) is 0 Å². The summed E-state index contributed by atoms with van der Waals surface area (Å²) in [5.41, 5.74) is 5.77. The Morgan fingerprint density at radius 1 is 1.19 bits per heavy atom. The smallest absolute Gasteiger partial charge is 0.171 e. The van der Waals surface area contributed by atoms with Crippen molar-refractivity contribution >= 4 is 5.84 Å². The van der Waals surface area contributed by atoms with Crippen molar-refractivity contribution in [3.05, 3.63) is 59.2 Å². The van der Waals surface area contributed by atoms with Crippen molar-refractivity contribution in [2.24, 2.45) is 5.73 Å². The molecule has 0 aromatic heterocycles. The van der Waals surface area contributed by atoms with Gasteiger partial charge >= 0.3 is 0 Å². The summed E-state index contributed by atoms with van der Waals surface area (Å²) in [6.07, 6.45) is 0. The maximum atomic E-state index is 13.9. The second kappa shape index (κ2) is 6.21. The summed E-state index contributed by atoms with van der Waals surface area (Å²) in [5.74, 6) is -1.38. The minimum Gasteiger partial charge on any atom is -0.494 e. The predicted molar refractivity (Wildman–Crippen MR) is 74.7 cm³/mol. The van der Waals surface area contributed by atoms with Gasteiger partial charge in [-0.05, 0) is 24.3 Å². The van der Waals surface area contributed by atoms with Gasteiger partial charge in [-0.15, -0.1) is 0 Å². The summed E-state index contributed by atoms with van der Waals surface area (Å²) >= 11 is 0. The molecule has 0 radical (unpaired) electrons. The van der Waals surface area contributed by atoms with Crippen LogP contribution in [0.1, 0.15) is 11.1 Å². The Kier molecular flexibility index (Phi) is 4.37. The summed E-state index contributed by atoms with van der Waals surface area (Å²) in [5, 5.41) is 7.22. The van der Waals surface area contributed by atoms with Crippen molar-refractivity contribution < 1.29 is 18.3 Å². The van der Waals surface area contributed by atoms with Gasteiger partial charge in [-0.2, -0.15) is 0 Å². The topological polar surface area (TPSA) is 68.3 Å². The van der Waals surface area contributed by atoms with Gasteiger partial charge in [-0.25, -0.2) is 8.78 Å². The van der Waals surface area contributed by atoms with Crippen molar-refractivity contribution in [1.82, 2.24) is 0 Å². The van der Waals surface area contributed by atoms with E-state index in [2.05, 4.69) is 0 Å². The summed E-state index contributed by atoms with van der Waals surface area (Å²) in [4.78, 5) is 0. The standard InChI is InChI=1S/C15H14F2N2O2/c1-20-13-4-2-3-10(14(13)17)8-21-12-6-5-9(15(18)19)7-11(12)16/h2-7H,8H2,1H3,(H3,18,19). The Morgan fingerprint density at radius 3 is 2.57 bits per heavy atom. The molecule has 0 aliphatic heterocycles. The number of amidine groups is 1. The number of hydrogen-bond acceptors (Lipinski definition) is 3. The second-order valence-electron chi connectivity index (χ2n) is 4.28. The van der Waals surface area contributed by atoms with Crippen LogP contribution in [0.5, 0.6) is 11.5 Å². The van der Waals surface area contributed by atoms with Crippen LogP contribution in [-0.2, 0) is 6.61 Å². The van der Waals surface area contributed by atoms with Crippen molar-refractivity contribution in [2.45, 2.75) is 6.61 Å². The maximum Gasteiger partial charge on any atom is 0.171 e. The van der Waals surface area contributed by atoms with Crippen molar-refractivity contribution in [3.63, 3.8) is 0 Å². The molecular weight excluding hydrogens is 278 g/mol. The van der Waals surface area contributed by atoms with E-state index in [4.69, 9.17) is 20.6 Å². The van der Waals surface area contributed by atoms with Gasteiger partial charge in [0.15, 0.2) is 23.1 Å². The summed E-state index contributed by atoms with van der Waals surface area (Å²) in [6, 6.07) is 8.54. The SMILES string of the molecule is COc1cccc(COc2ccc(C(=N)N)cc2F)c1F. The van der Waals surface area contributed by atoms with Crippen LogP contribution in [0.15, 0.2) is 36.4 Å². The van der Waals surface area contributed by atoms with Crippen LogP contribution >= 0.6 is 0 Å². The fraction of sp³-hybridized carbons (Fsp3) is 0.133. The average molecular weight is 292 g/mol. The first-order valence-corrected chi connectivity index (χ1v) is 6.11. The number of benzene rings is 2. The number of nitrogens with one attached hydrogen (secondary N) is 1. The zero-order chi connectivity index (χ0) is 15.4. The number of halogens is 2. The zero-order valence-electron chi connectivity index (χ0n) is 11.3.